The molecular formula is C36H42N2O9. The summed E-state index contributed by atoms with van der Waals surface area (Å²) < 4.78 is 16.3. The molecule has 0 aliphatic rings. The molecule has 250 valence electrons. The molecule has 3 aromatic rings. The number of ether oxygens (including phenoxy) is 3. The molecule has 0 unspecified atom stereocenters. The molecule has 0 bridgehead atoms. The molecule has 0 aliphatic heterocycles. The fourth-order valence-electron chi connectivity index (χ4n) is 4.66. The van der Waals surface area contributed by atoms with Crippen LogP contribution in [0, 0.1) is 0 Å². The monoisotopic (exact) mass is 646 g/mol. The highest BCUT2D eigenvalue weighted by Gasteiger charge is 2.43. The second-order valence-electron chi connectivity index (χ2n) is 12.1. The third-order valence-electron chi connectivity index (χ3n) is 6.98. The Hall–Kier alpha value is -5.19. The van der Waals surface area contributed by atoms with Gasteiger partial charge in [0, 0.05) is 19.3 Å². The predicted octanol–water partition coefficient (Wildman–Crippen LogP) is 5.11. The second kappa shape index (κ2) is 17.5. The third-order valence-corrected chi connectivity index (χ3v) is 6.98. The summed E-state index contributed by atoms with van der Waals surface area (Å²) in [4.78, 5) is 65.1. The Labute approximate surface area is 274 Å². The number of carboxylic acid groups (broad SMARTS) is 1. The number of rotatable bonds is 16. The minimum absolute atomic E-state index is 0.0321. The van der Waals surface area contributed by atoms with Crippen LogP contribution in [0.15, 0.2) is 91.0 Å². The van der Waals surface area contributed by atoms with E-state index in [-0.39, 0.29) is 38.9 Å². The van der Waals surface area contributed by atoms with Crippen LogP contribution in [0.5, 0.6) is 0 Å². The highest BCUT2D eigenvalue weighted by Crippen LogP contribution is 2.23. The van der Waals surface area contributed by atoms with E-state index < -0.39 is 53.5 Å². The van der Waals surface area contributed by atoms with Crippen molar-refractivity contribution >= 4 is 29.9 Å². The van der Waals surface area contributed by atoms with Crippen molar-refractivity contribution in [1.82, 2.24) is 10.6 Å². The van der Waals surface area contributed by atoms with Crippen LogP contribution in [0.25, 0.3) is 0 Å². The summed E-state index contributed by atoms with van der Waals surface area (Å²) in [5.74, 6) is -3.45. The number of hydrogen-bond acceptors (Lipinski definition) is 8. The molecule has 11 heteroatoms. The Morgan fingerprint density at radius 2 is 1.23 bits per heavy atom. The lowest BCUT2D eigenvalue weighted by Crippen LogP contribution is -2.63. The second-order valence-corrected chi connectivity index (χ2v) is 12.1. The van der Waals surface area contributed by atoms with E-state index in [9.17, 15) is 29.1 Å². The number of amides is 2. The van der Waals surface area contributed by atoms with Gasteiger partial charge in [0.1, 0.15) is 30.4 Å². The van der Waals surface area contributed by atoms with E-state index in [2.05, 4.69) is 10.6 Å². The first-order valence-electron chi connectivity index (χ1n) is 15.3. The van der Waals surface area contributed by atoms with E-state index >= 15 is 0 Å². The molecule has 0 fully saturated rings. The topological polar surface area (TPSA) is 157 Å². The van der Waals surface area contributed by atoms with Crippen LogP contribution >= 0.6 is 0 Å². The highest BCUT2D eigenvalue weighted by molar-refractivity contribution is 5.94. The van der Waals surface area contributed by atoms with Gasteiger partial charge in [-0.3, -0.25) is 14.4 Å². The number of carbonyl (C=O) groups excluding carboxylic acids is 4. The zero-order valence-electron chi connectivity index (χ0n) is 26.9. The van der Waals surface area contributed by atoms with E-state index in [1.807, 2.05) is 24.3 Å². The maximum absolute atomic E-state index is 14.2. The molecule has 0 aromatic heterocycles. The molecule has 0 saturated heterocycles. The highest BCUT2D eigenvalue weighted by atomic mass is 16.6. The predicted molar refractivity (Wildman–Crippen MR) is 173 cm³/mol. The van der Waals surface area contributed by atoms with Gasteiger partial charge in [0.15, 0.2) is 0 Å². The average molecular weight is 647 g/mol. The van der Waals surface area contributed by atoms with Crippen molar-refractivity contribution in [3.8, 4) is 0 Å². The molecule has 0 spiro atoms. The molecule has 3 aromatic carbocycles. The SMILES string of the molecule is CC(C)(C)OC(=O)N[C@@](CCC(=O)O)(Cc1ccccc1)C(=O)N[C@H](CCC(=O)OCc1ccccc1)C(=O)OCc1ccccc1. The van der Waals surface area contributed by atoms with Gasteiger partial charge in [-0.2, -0.15) is 0 Å². The van der Waals surface area contributed by atoms with Gasteiger partial charge in [0.2, 0.25) is 5.91 Å². The Morgan fingerprint density at radius 1 is 0.723 bits per heavy atom. The van der Waals surface area contributed by atoms with Gasteiger partial charge in [0.25, 0.3) is 0 Å². The largest absolute Gasteiger partial charge is 0.481 e. The van der Waals surface area contributed by atoms with Crippen molar-refractivity contribution in [1.29, 1.82) is 0 Å². The van der Waals surface area contributed by atoms with Crippen molar-refractivity contribution < 1.29 is 43.3 Å². The normalized spacial score (nSPS) is 12.9. The number of esters is 2. The van der Waals surface area contributed by atoms with E-state index in [1.165, 1.54) is 0 Å². The quantitative estimate of drug-likeness (QED) is 0.142. The molecule has 2 amide bonds. The first-order valence-corrected chi connectivity index (χ1v) is 15.3. The third kappa shape index (κ3) is 13.0. The number of benzene rings is 3. The Bertz CT molecular complexity index is 1470. The smallest absolute Gasteiger partial charge is 0.408 e. The number of carbonyl (C=O) groups is 5. The Kier molecular flexibility index (Phi) is 13.5. The van der Waals surface area contributed by atoms with Gasteiger partial charge in [-0.15, -0.1) is 0 Å². The van der Waals surface area contributed by atoms with Gasteiger partial charge in [0.05, 0.1) is 0 Å². The Morgan fingerprint density at radius 3 is 1.74 bits per heavy atom. The summed E-state index contributed by atoms with van der Waals surface area (Å²) in [5.41, 5.74) is -0.661. The molecule has 0 heterocycles. The van der Waals surface area contributed by atoms with E-state index in [0.717, 1.165) is 5.56 Å². The number of hydrogen-bond donors (Lipinski definition) is 3. The van der Waals surface area contributed by atoms with Crippen LogP contribution in [-0.2, 0) is 53.0 Å². The summed E-state index contributed by atoms with van der Waals surface area (Å²) >= 11 is 0. The summed E-state index contributed by atoms with van der Waals surface area (Å²) in [5, 5.41) is 14.8. The van der Waals surface area contributed by atoms with Crippen LogP contribution in [0.4, 0.5) is 4.79 Å². The van der Waals surface area contributed by atoms with Crippen molar-refractivity contribution in [2.45, 2.75) is 83.3 Å². The summed E-state index contributed by atoms with van der Waals surface area (Å²) in [6.45, 7) is 4.90. The zero-order chi connectivity index (χ0) is 34.3. The van der Waals surface area contributed by atoms with Gasteiger partial charge in [-0.1, -0.05) is 91.0 Å². The van der Waals surface area contributed by atoms with Crippen LogP contribution < -0.4 is 10.6 Å². The van der Waals surface area contributed by atoms with Gasteiger partial charge in [-0.25, -0.2) is 9.59 Å². The Balaban J connectivity index is 1.88. The van der Waals surface area contributed by atoms with Gasteiger partial charge < -0.3 is 30.0 Å². The summed E-state index contributed by atoms with van der Waals surface area (Å²) in [6, 6.07) is 25.4. The lowest BCUT2D eigenvalue weighted by molar-refractivity contribution is -0.151. The van der Waals surface area contributed by atoms with Crippen LogP contribution in [-0.4, -0.2) is 52.2 Å². The number of alkyl carbamates (subject to hydrolysis) is 1. The molecule has 3 N–H and O–H groups in total. The minimum atomic E-state index is -1.85. The van der Waals surface area contributed by atoms with E-state index in [1.54, 1.807) is 87.5 Å². The molecule has 0 saturated carbocycles. The molecule has 11 nitrogen and oxygen atoms in total. The molecule has 3 rings (SSSR count). The molecule has 2 atom stereocenters. The number of nitrogens with one attached hydrogen (secondary N) is 2. The summed E-state index contributed by atoms with van der Waals surface area (Å²) in [7, 11) is 0. The molecule has 47 heavy (non-hydrogen) atoms. The van der Waals surface area contributed by atoms with Crippen molar-refractivity contribution in [3.63, 3.8) is 0 Å². The lowest BCUT2D eigenvalue weighted by atomic mass is 9.84. The van der Waals surface area contributed by atoms with E-state index in [4.69, 9.17) is 14.2 Å². The van der Waals surface area contributed by atoms with Crippen LogP contribution in [0.3, 0.4) is 0 Å². The van der Waals surface area contributed by atoms with Gasteiger partial charge >= 0.3 is 24.0 Å². The summed E-state index contributed by atoms with van der Waals surface area (Å²) in [6.07, 6.45) is -2.28. The van der Waals surface area contributed by atoms with E-state index in [0.29, 0.717) is 11.1 Å². The van der Waals surface area contributed by atoms with Crippen LogP contribution in [0.2, 0.25) is 0 Å². The first kappa shape index (κ1) is 36.3. The van der Waals surface area contributed by atoms with Crippen molar-refractivity contribution in [3.05, 3.63) is 108 Å². The maximum Gasteiger partial charge on any atom is 0.408 e. The maximum atomic E-state index is 14.2. The lowest BCUT2D eigenvalue weighted by Gasteiger charge is -2.35. The first-order chi connectivity index (χ1) is 22.3. The molecular weight excluding hydrogens is 604 g/mol. The molecule has 0 aliphatic carbocycles. The minimum Gasteiger partial charge on any atom is -0.481 e. The standard InChI is InChI=1S/C36H42N2O9/c1-35(2,3)47-34(44)38-36(22-21-30(39)40,23-26-13-7-4-8-14-26)33(43)37-29(32(42)46-25-28-17-11-6-12-18-28)19-20-31(41)45-24-27-15-9-5-10-16-27/h4-18,29H,19-25H2,1-3H3,(H,37,43)(H,38,44)(H,39,40)/t29-,36+/m1/s1. The fraction of sp³-hybridized carbons (Fsp3) is 0.361. The van der Waals surface area contributed by atoms with Crippen molar-refractivity contribution in [2.75, 3.05) is 0 Å². The number of aliphatic carboxylic acids is 1. The van der Waals surface area contributed by atoms with Gasteiger partial charge in [-0.05, 0) is 50.3 Å². The fourth-order valence-corrected chi connectivity index (χ4v) is 4.66. The number of carboxylic acids is 1. The molecule has 0 radical (unpaired) electrons. The zero-order valence-corrected chi connectivity index (χ0v) is 26.9. The average Bonchev–Trinajstić information content (AvgIpc) is 3.03. The van der Waals surface area contributed by atoms with Crippen LogP contribution in [0.1, 0.15) is 63.1 Å². The van der Waals surface area contributed by atoms with Crippen molar-refractivity contribution in [2.24, 2.45) is 0 Å².